The van der Waals surface area contributed by atoms with Crippen molar-refractivity contribution in [2.24, 2.45) is 0 Å². The van der Waals surface area contributed by atoms with Gasteiger partial charge in [0.05, 0.1) is 0 Å². The molecule has 0 unspecified atom stereocenters. The number of hydrogen-bond acceptors (Lipinski definition) is 3. The van der Waals surface area contributed by atoms with Crippen molar-refractivity contribution in [2.75, 3.05) is 18.4 Å². The zero-order valence-corrected chi connectivity index (χ0v) is 12.5. The molecule has 2 rings (SSSR count). The number of amides is 1. The fourth-order valence-electron chi connectivity index (χ4n) is 2.16. The van der Waals surface area contributed by atoms with Gasteiger partial charge in [0.25, 0.3) is 5.91 Å². The number of nitrogens with one attached hydrogen (secondary N) is 1. The van der Waals surface area contributed by atoms with Gasteiger partial charge in [-0.25, -0.2) is 0 Å². The van der Waals surface area contributed by atoms with Gasteiger partial charge in [0, 0.05) is 43.3 Å². The van der Waals surface area contributed by atoms with Gasteiger partial charge in [-0.15, -0.1) is 0 Å². The average molecular weight is 283 g/mol. The molecule has 0 saturated carbocycles. The summed E-state index contributed by atoms with van der Waals surface area (Å²) in [5, 5.41) is 3.32. The number of aromatic nitrogens is 1. The van der Waals surface area contributed by atoms with Gasteiger partial charge in [0.2, 0.25) is 0 Å². The third-order valence-electron chi connectivity index (χ3n) is 3.38. The second-order valence-corrected chi connectivity index (χ2v) is 4.77. The molecule has 0 aliphatic carbocycles. The predicted molar refractivity (Wildman–Crippen MR) is 85.3 cm³/mol. The number of pyridine rings is 1. The first-order valence-corrected chi connectivity index (χ1v) is 7.26. The van der Waals surface area contributed by atoms with E-state index in [9.17, 15) is 4.79 Å². The second-order valence-electron chi connectivity index (χ2n) is 4.77. The van der Waals surface area contributed by atoms with Crippen LogP contribution in [-0.2, 0) is 6.54 Å². The van der Waals surface area contributed by atoms with Crippen LogP contribution in [0.3, 0.4) is 0 Å². The molecule has 0 spiro atoms. The number of nitrogens with zero attached hydrogens (tertiary/aromatic N) is 2. The van der Waals surface area contributed by atoms with E-state index in [4.69, 9.17) is 0 Å². The summed E-state index contributed by atoms with van der Waals surface area (Å²) in [5.74, 6) is 0.0741. The van der Waals surface area contributed by atoms with E-state index in [2.05, 4.69) is 10.3 Å². The number of hydrogen-bond donors (Lipinski definition) is 1. The normalized spacial score (nSPS) is 10.2. The maximum atomic E-state index is 12.3. The van der Waals surface area contributed by atoms with Gasteiger partial charge in [0.15, 0.2) is 0 Å². The number of rotatable bonds is 6. The highest BCUT2D eigenvalue weighted by atomic mass is 16.2. The van der Waals surface area contributed by atoms with E-state index >= 15 is 0 Å². The van der Waals surface area contributed by atoms with Crippen molar-refractivity contribution in [3.63, 3.8) is 0 Å². The van der Waals surface area contributed by atoms with E-state index in [0.717, 1.165) is 29.9 Å². The smallest absolute Gasteiger partial charge is 0.253 e. The maximum absolute atomic E-state index is 12.3. The zero-order chi connectivity index (χ0) is 15.1. The van der Waals surface area contributed by atoms with Crippen LogP contribution in [0.1, 0.15) is 29.8 Å². The molecule has 0 aliphatic rings. The second kappa shape index (κ2) is 7.43. The Morgan fingerprint density at radius 3 is 2.67 bits per heavy atom. The van der Waals surface area contributed by atoms with Gasteiger partial charge in [-0.3, -0.25) is 9.78 Å². The van der Waals surface area contributed by atoms with Crippen molar-refractivity contribution in [3.05, 3.63) is 59.9 Å². The Bertz CT molecular complexity index is 580. The van der Waals surface area contributed by atoms with Crippen LogP contribution in [0.4, 0.5) is 5.69 Å². The average Bonchev–Trinajstić information content (AvgIpc) is 2.55. The van der Waals surface area contributed by atoms with Gasteiger partial charge < -0.3 is 10.2 Å². The summed E-state index contributed by atoms with van der Waals surface area (Å²) in [6, 6.07) is 11.6. The molecule has 1 aromatic carbocycles. The molecule has 0 fully saturated rings. The summed E-state index contributed by atoms with van der Waals surface area (Å²) < 4.78 is 0. The number of carbonyl (C=O) groups is 1. The summed E-state index contributed by atoms with van der Waals surface area (Å²) in [5.41, 5.74) is 2.77. The Morgan fingerprint density at radius 2 is 2.00 bits per heavy atom. The highest BCUT2D eigenvalue weighted by Crippen LogP contribution is 2.14. The van der Waals surface area contributed by atoms with Gasteiger partial charge >= 0.3 is 0 Å². The molecule has 4 heteroatoms. The Balaban J connectivity index is 2.05. The van der Waals surface area contributed by atoms with E-state index in [0.29, 0.717) is 6.54 Å². The molecule has 0 aliphatic heterocycles. The largest absolute Gasteiger partial charge is 0.381 e. The van der Waals surface area contributed by atoms with Crippen LogP contribution in [-0.4, -0.2) is 28.9 Å². The van der Waals surface area contributed by atoms with Crippen molar-refractivity contribution >= 4 is 11.6 Å². The predicted octanol–water partition coefficient (Wildman–Crippen LogP) is 3.18. The van der Waals surface area contributed by atoms with Crippen LogP contribution in [0.25, 0.3) is 0 Å². The number of anilines is 1. The quantitative estimate of drug-likeness (QED) is 0.885. The Morgan fingerprint density at radius 1 is 1.19 bits per heavy atom. The van der Waals surface area contributed by atoms with Crippen LogP contribution in [0.15, 0.2) is 48.8 Å². The molecule has 1 N–H and O–H groups in total. The van der Waals surface area contributed by atoms with Crippen LogP contribution < -0.4 is 5.32 Å². The van der Waals surface area contributed by atoms with Gasteiger partial charge in [-0.2, -0.15) is 0 Å². The van der Waals surface area contributed by atoms with E-state index in [1.165, 1.54) is 0 Å². The number of carbonyl (C=O) groups excluding carboxylic acids is 1. The first kappa shape index (κ1) is 15.0. The fraction of sp³-hybridized carbons (Fsp3) is 0.294. The lowest BCUT2D eigenvalue weighted by Gasteiger charge is -2.19. The summed E-state index contributed by atoms with van der Waals surface area (Å²) in [7, 11) is 0. The van der Waals surface area contributed by atoms with Crippen LogP contribution in [0.5, 0.6) is 0 Å². The van der Waals surface area contributed by atoms with E-state index < -0.39 is 0 Å². The molecule has 0 radical (unpaired) electrons. The van der Waals surface area contributed by atoms with E-state index in [1.54, 1.807) is 6.20 Å². The van der Waals surface area contributed by atoms with Crippen LogP contribution in [0.2, 0.25) is 0 Å². The molecule has 110 valence electrons. The third kappa shape index (κ3) is 4.05. The lowest BCUT2D eigenvalue weighted by Crippen LogP contribution is -2.30. The Hall–Kier alpha value is -2.36. The molecule has 0 bridgehead atoms. The molecule has 1 aromatic heterocycles. The minimum atomic E-state index is 0.0741. The Labute approximate surface area is 125 Å². The highest BCUT2D eigenvalue weighted by Gasteiger charge is 2.12. The summed E-state index contributed by atoms with van der Waals surface area (Å²) in [4.78, 5) is 18.2. The van der Waals surface area contributed by atoms with Crippen molar-refractivity contribution in [2.45, 2.75) is 20.4 Å². The summed E-state index contributed by atoms with van der Waals surface area (Å²) >= 11 is 0. The lowest BCUT2D eigenvalue weighted by atomic mass is 10.1. The third-order valence-corrected chi connectivity index (χ3v) is 3.38. The molecule has 21 heavy (non-hydrogen) atoms. The van der Waals surface area contributed by atoms with Crippen LogP contribution in [0, 0.1) is 0 Å². The molecular formula is C17H21N3O. The Kier molecular flexibility index (Phi) is 5.32. The van der Waals surface area contributed by atoms with Crippen LogP contribution >= 0.6 is 0 Å². The lowest BCUT2D eigenvalue weighted by molar-refractivity contribution is 0.0773. The molecule has 4 nitrogen and oxygen atoms in total. The minimum Gasteiger partial charge on any atom is -0.381 e. The molecule has 0 atom stereocenters. The first-order chi connectivity index (χ1) is 10.2. The SMILES string of the molecule is CCN(CC)C(=O)c1cccc(NCc2cccnc2)c1. The van der Waals surface area contributed by atoms with Crippen molar-refractivity contribution in [3.8, 4) is 0 Å². The van der Waals surface area contributed by atoms with Crippen molar-refractivity contribution in [1.82, 2.24) is 9.88 Å². The van der Waals surface area contributed by atoms with Crippen molar-refractivity contribution < 1.29 is 4.79 Å². The molecule has 2 aromatic rings. The fourth-order valence-corrected chi connectivity index (χ4v) is 2.16. The van der Waals surface area contributed by atoms with Gasteiger partial charge in [-0.1, -0.05) is 12.1 Å². The van der Waals surface area contributed by atoms with Gasteiger partial charge in [0.1, 0.15) is 0 Å². The summed E-state index contributed by atoms with van der Waals surface area (Å²) in [6.45, 7) is 6.12. The molecule has 1 amide bonds. The zero-order valence-electron chi connectivity index (χ0n) is 12.5. The van der Waals surface area contributed by atoms with E-state index in [1.807, 2.05) is 61.3 Å². The highest BCUT2D eigenvalue weighted by molar-refractivity contribution is 5.95. The monoisotopic (exact) mass is 283 g/mol. The standard InChI is InChI=1S/C17H21N3O/c1-3-20(4-2)17(21)15-8-5-9-16(11-15)19-13-14-7-6-10-18-12-14/h5-12,19H,3-4,13H2,1-2H3. The molecule has 1 heterocycles. The number of benzene rings is 1. The summed E-state index contributed by atoms with van der Waals surface area (Å²) in [6.07, 6.45) is 3.59. The first-order valence-electron chi connectivity index (χ1n) is 7.26. The molecule has 0 saturated heterocycles. The van der Waals surface area contributed by atoms with E-state index in [-0.39, 0.29) is 5.91 Å². The van der Waals surface area contributed by atoms with Crippen molar-refractivity contribution in [1.29, 1.82) is 0 Å². The molecular weight excluding hydrogens is 262 g/mol. The maximum Gasteiger partial charge on any atom is 0.253 e. The van der Waals surface area contributed by atoms with Gasteiger partial charge in [-0.05, 0) is 43.7 Å². The minimum absolute atomic E-state index is 0.0741. The topological polar surface area (TPSA) is 45.2 Å².